The van der Waals surface area contributed by atoms with Gasteiger partial charge in [0.2, 0.25) is 5.09 Å². The van der Waals surface area contributed by atoms with Crippen LogP contribution < -0.4 is 9.46 Å². The number of ether oxygens (including phenoxy) is 1. The molecule has 3 aromatic rings. The van der Waals surface area contributed by atoms with E-state index in [4.69, 9.17) is 9.15 Å². The number of anilines is 1. The highest BCUT2D eigenvalue weighted by molar-refractivity contribution is 7.92. The highest BCUT2D eigenvalue weighted by Gasteiger charge is 2.28. The van der Waals surface area contributed by atoms with Crippen LogP contribution in [0.4, 0.5) is 5.69 Å². The molecule has 0 saturated heterocycles. The summed E-state index contributed by atoms with van der Waals surface area (Å²) in [5.41, 5.74) is 3.20. The van der Waals surface area contributed by atoms with Crippen molar-refractivity contribution in [2.75, 3.05) is 25.9 Å². The lowest BCUT2D eigenvalue weighted by atomic mass is 9.86. The molecular formula is C21H24N2O4S. The van der Waals surface area contributed by atoms with Crippen LogP contribution in [0.3, 0.4) is 0 Å². The maximum Gasteiger partial charge on any atom is 0.295 e. The van der Waals surface area contributed by atoms with Crippen LogP contribution in [0, 0.1) is 0 Å². The molecule has 0 amide bonds. The number of nitrogens with one attached hydrogen (secondary N) is 1. The van der Waals surface area contributed by atoms with E-state index in [1.54, 1.807) is 25.3 Å². The lowest BCUT2D eigenvalue weighted by Crippen LogP contribution is -2.34. The molecule has 28 heavy (non-hydrogen) atoms. The minimum atomic E-state index is -3.83. The summed E-state index contributed by atoms with van der Waals surface area (Å²) in [7, 11) is 1.95. The zero-order valence-electron chi connectivity index (χ0n) is 16.2. The first-order chi connectivity index (χ1) is 13.4. The molecule has 0 bridgehead atoms. The highest BCUT2D eigenvalue weighted by atomic mass is 32.2. The van der Waals surface area contributed by atoms with Gasteiger partial charge in [0.05, 0.1) is 12.8 Å². The Morgan fingerprint density at radius 3 is 2.64 bits per heavy atom. The SMILES string of the molecule is COc1ccc(NS(=O)(=O)c2cc3ccccc3o2)c2c1C[C@@H](N(C)C)CC2. The molecule has 7 heteroatoms. The number of para-hydroxylation sites is 1. The molecule has 1 aromatic heterocycles. The van der Waals surface area contributed by atoms with Crippen LogP contribution in [0.25, 0.3) is 11.0 Å². The Kier molecular flexibility index (Phi) is 4.81. The van der Waals surface area contributed by atoms with Gasteiger partial charge in [0.25, 0.3) is 10.0 Å². The molecule has 0 fully saturated rings. The highest BCUT2D eigenvalue weighted by Crippen LogP contribution is 2.37. The van der Waals surface area contributed by atoms with Gasteiger partial charge in [0.1, 0.15) is 11.3 Å². The fourth-order valence-electron chi connectivity index (χ4n) is 3.84. The van der Waals surface area contributed by atoms with Gasteiger partial charge in [-0.25, -0.2) is 0 Å². The van der Waals surface area contributed by atoms with E-state index in [2.05, 4.69) is 23.7 Å². The molecule has 0 saturated carbocycles. The minimum absolute atomic E-state index is 0.0831. The molecule has 2 aromatic carbocycles. The number of hydrogen-bond donors (Lipinski definition) is 1. The van der Waals surface area contributed by atoms with Crippen molar-refractivity contribution in [2.24, 2.45) is 0 Å². The van der Waals surface area contributed by atoms with Crippen LogP contribution in [0.1, 0.15) is 17.5 Å². The third kappa shape index (κ3) is 3.36. The molecule has 1 aliphatic carbocycles. The van der Waals surface area contributed by atoms with Gasteiger partial charge < -0.3 is 14.1 Å². The van der Waals surface area contributed by atoms with Crippen LogP contribution >= 0.6 is 0 Å². The third-order valence-corrected chi connectivity index (χ3v) is 6.64. The Balaban J connectivity index is 1.71. The topological polar surface area (TPSA) is 71.8 Å². The Bertz CT molecular complexity index is 1090. The summed E-state index contributed by atoms with van der Waals surface area (Å²) in [6, 6.07) is 12.8. The number of hydrogen-bond acceptors (Lipinski definition) is 5. The summed E-state index contributed by atoms with van der Waals surface area (Å²) in [6.07, 6.45) is 2.58. The van der Waals surface area contributed by atoms with E-state index in [-0.39, 0.29) is 5.09 Å². The van der Waals surface area contributed by atoms with Gasteiger partial charge in [-0.05, 0) is 57.1 Å². The van der Waals surface area contributed by atoms with E-state index in [9.17, 15) is 8.42 Å². The van der Waals surface area contributed by atoms with Gasteiger partial charge in [-0.2, -0.15) is 8.42 Å². The van der Waals surface area contributed by atoms with E-state index in [1.165, 1.54) is 0 Å². The van der Waals surface area contributed by atoms with E-state index >= 15 is 0 Å². The minimum Gasteiger partial charge on any atom is -0.496 e. The van der Waals surface area contributed by atoms with E-state index < -0.39 is 10.0 Å². The molecule has 0 radical (unpaired) electrons. The second-order valence-corrected chi connectivity index (χ2v) is 8.95. The molecule has 0 spiro atoms. The van der Waals surface area contributed by atoms with Crippen molar-refractivity contribution in [2.45, 2.75) is 30.4 Å². The molecule has 1 N–H and O–H groups in total. The van der Waals surface area contributed by atoms with Crippen molar-refractivity contribution in [3.05, 3.63) is 53.6 Å². The van der Waals surface area contributed by atoms with Crippen molar-refractivity contribution in [3.8, 4) is 5.75 Å². The Hall–Kier alpha value is -2.51. The smallest absolute Gasteiger partial charge is 0.295 e. The summed E-state index contributed by atoms with van der Waals surface area (Å²) in [6.45, 7) is 0. The first-order valence-electron chi connectivity index (χ1n) is 9.25. The molecule has 1 aliphatic rings. The van der Waals surface area contributed by atoms with Gasteiger partial charge in [-0.3, -0.25) is 4.72 Å². The fraction of sp³-hybridized carbons (Fsp3) is 0.333. The second kappa shape index (κ2) is 7.14. The first kappa shape index (κ1) is 18.8. The molecule has 1 atom stereocenters. The van der Waals surface area contributed by atoms with Gasteiger partial charge >= 0.3 is 0 Å². The predicted octanol–water partition coefficient (Wildman–Crippen LogP) is 3.66. The quantitative estimate of drug-likeness (QED) is 0.708. The zero-order valence-corrected chi connectivity index (χ0v) is 17.0. The number of methoxy groups -OCH3 is 1. The van der Waals surface area contributed by atoms with Crippen molar-refractivity contribution in [1.82, 2.24) is 4.90 Å². The predicted molar refractivity (Wildman–Crippen MR) is 110 cm³/mol. The summed E-state index contributed by atoms with van der Waals surface area (Å²) in [5, 5.41) is 0.675. The van der Waals surface area contributed by atoms with E-state index in [1.807, 2.05) is 24.3 Å². The van der Waals surface area contributed by atoms with Gasteiger partial charge in [0, 0.05) is 23.1 Å². The van der Waals surface area contributed by atoms with Crippen molar-refractivity contribution in [3.63, 3.8) is 0 Å². The van der Waals surface area contributed by atoms with Crippen LogP contribution in [0.15, 0.2) is 52.0 Å². The summed E-state index contributed by atoms with van der Waals surface area (Å²) in [5.74, 6) is 0.799. The van der Waals surface area contributed by atoms with Crippen LogP contribution in [-0.4, -0.2) is 40.6 Å². The summed E-state index contributed by atoms with van der Waals surface area (Å²) >= 11 is 0. The number of likely N-dealkylation sites (N-methyl/N-ethyl adjacent to an activating group) is 1. The number of nitrogens with zero attached hydrogens (tertiary/aromatic N) is 1. The number of furan rings is 1. The van der Waals surface area contributed by atoms with Gasteiger partial charge in [-0.1, -0.05) is 18.2 Å². The largest absolute Gasteiger partial charge is 0.496 e. The lowest BCUT2D eigenvalue weighted by Gasteiger charge is -2.32. The zero-order chi connectivity index (χ0) is 19.9. The average molecular weight is 401 g/mol. The second-order valence-electron chi connectivity index (χ2n) is 7.34. The summed E-state index contributed by atoms with van der Waals surface area (Å²) < 4.78 is 39.7. The monoisotopic (exact) mass is 400 g/mol. The molecule has 0 aliphatic heterocycles. The van der Waals surface area contributed by atoms with Gasteiger partial charge in [-0.15, -0.1) is 0 Å². The average Bonchev–Trinajstić information content (AvgIpc) is 3.13. The van der Waals surface area contributed by atoms with Gasteiger partial charge in [0.15, 0.2) is 0 Å². The van der Waals surface area contributed by atoms with Crippen LogP contribution in [0.5, 0.6) is 5.75 Å². The molecule has 6 nitrogen and oxygen atoms in total. The molecule has 4 rings (SSSR count). The normalized spacial score (nSPS) is 16.9. The third-order valence-electron chi connectivity index (χ3n) is 5.42. The van der Waals surface area contributed by atoms with Crippen LogP contribution in [0.2, 0.25) is 0 Å². The Morgan fingerprint density at radius 1 is 1.14 bits per heavy atom. The van der Waals surface area contributed by atoms with Crippen molar-refractivity contribution < 1.29 is 17.6 Å². The fourth-order valence-corrected chi connectivity index (χ4v) is 4.91. The van der Waals surface area contributed by atoms with Crippen LogP contribution in [-0.2, 0) is 22.9 Å². The lowest BCUT2D eigenvalue weighted by molar-refractivity contribution is 0.265. The van der Waals surface area contributed by atoms with E-state index in [0.717, 1.165) is 41.5 Å². The first-order valence-corrected chi connectivity index (χ1v) is 10.7. The molecule has 0 unspecified atom stereocenters. The molecule has 1 heterocycles. The molecule has 148 valence electrons. The Morgan fingerprint density at radius 2 is 1.93 bits per heavy atom. The Labute approximate surface area is 165 Å². The molecular weight excluding hydrogens is 376 g/mol. The van der Waals surface area contributed by atoms with Crippen molar-refractivity contribution >= 4 is 26.7 Å². The number of fused-ring (bicyclic) bond motifs is 2. The number of benzene rings is 2. The summed E-state index contributed by atoms with van der Waals surface area (Å²) in [4.78, 5) is 2.20. The maximum absolute atomic E-state index is 12.9. The van der Waals surface area contributed by atoms with Crippen molar-refractivity contribution in [1.29, 1.82) is 0 Å². The number of sulfonamides is 1. The van der Waals surface area contributed by atoms with E-state index in [0.29, 0.717) is 17.3 Å². The number of rotatable bonds is 5. The maximum atomic E-state index is 12.9. The standard InChI is InChI=1S/C21H24N2O4S/c1-23(2)15-8-9-16-17(13-15)20(26-3)11-10-18(16)22-28(24,25)21-12-14-6-4-5-7-19(14)27-21/h4-7,10-12,15,22H,8-9,13H2,1-3H3/t15-/m0/s1.